The summed E-state index contributed by atoms with van der Waals surface area (Å²) in [7, 11) is 0. The lowest BCUT2D eigenvalue weighted by Crippen LogP contribution is -2.48. The number of benzene rings is 1. The summed E-state index contributed by atoms with van der Waals surface area (Å²) in [5, 5.41) is 19.6. The first-order valence-electron chi connectivity index (χ1n) is 13.6. The summed E-state index contributed by atoms with van der Waals surface area (Å²) >= 11 is 1.65. The summed E-state index contributed by atoms with van der Waals surface area (Å²) in [4.78, 5) is 39.4. The van der Waals surface area contributed by atoms with Gasteiger partial charge in [0.2, 0.25) is 0 Å². The molecule has 0 aliphatic carbocycles. The molecule has 1 saturated heterocycles. The molecule has 1 N–H and O–H groups in total. The number of carbonyl (C=O) groups is 2. The monoisotopic (exact) mass is 569 g/mol. The van der Waals surface area contributed by atoms with Crippen LogP contribution >= 0.6 is 11.3 Å². The average molecular weight is 570 g/mol. The summed E-state index contributed by atoms with van der Waals surface area (Å²) in [6.07, 6.45) is 3.28. The molecule has 41 heavy (non-hydrogen) atoms. The lowest BCUT2D eigenvalue weighted by molar-refractivity contribution is -0.141. The quantitative estimate of drug-likeness (QED) is 0.382. The Kier molecular flexibility index (Phi) is 6.90. The predicted octanol–water partition coefficient (Wildman–Crippen LogP) is 4.22. The molecule has 2 aliphatic rings. The molecule has 11 heteroatoms. The number of aromatic nitrogens is 4. The van der Waals surface area contributed by atoms with E-state index in [2.05, 4.69) is 58.2 Å². The molecule has 0 radical (unpaired) electrons. The van der Waals surface area contributed by atoms with Crippen molar-refractivity contribution in [3.05, 3.63) is 87.6 Å². The largest absolute Gasteiger partial charge is 0.481 e. The Hall–Kier alpha value is -4.38. The smallest absolute Gasteiger partial charge is 0.308 e. The van der Waals surface area contributed by atoms with Gasteiger partial charge in [-0.05, 0) is 57.5 Å². The summed E-state index contributed by atoms with van der Waals surface area (Å²) in [5.41, 5.74) is 5.52. The first-order chi connectivity index (χ1) is 19.7. The summed E-state index contributed by atoms with van der Waals surface area (Å²) in [6.45, 7) is 10.5. The molecule has 1 fully saturated rings. The average Bonchev–Trinajstić information content (AvgIpc) is 3.46. The van der Waals surface area contributed by atoms with E-state index in [1.807, 2.05) is 16.4 Å². The lowest BCUT2D eigenvalue weighted by atomic mass is 9.98. The summed E-state index contributed by atoms with van der Waals surface area (Å²) < 4.78 is 1.97. The van der Waals surface area contributed by atoms with Gasteiger partial charge in [-0.15, -0.1) is 21.5 Å². The van der Waals surface area contributed by atoms with Crippen LogP contribution in [0.5, 0.6) is 0 Å². The number of carboxylic acids is 1. The molecule has 0 bridgehead atoms. The maximum atomic E-state index is 12.8. The molecular weight excluding hydrogens is 538 g/mol. The van der Waals surface area contributed by atoms with Crippen LogP contribution in [0.1, 0.15) is 56.5 Å². The van der Waals surface area contributed by atoms with Crippen LogP contribution in [0.2, 0.25) is 0 Å². The molecule has 2 aliphatic heterocycles. The van der Waals surface area contributed by atoms with Crippen molar-refractivity contribution in [2.24, 2.45) is 10.9 Å². The van der Waals surface area contributed by atoms with Gasteiger partial charge >= 0.3 is 5.97 Å². The van der Waals surface area contributed by atoms with Crippen LogP contribution in [-0.2, 0) is 4.79 Å². The van der Waals surface area contributed by atoms with Crippen LogP contribution in [0.25, 0.3) is 5.00 Å². The maximum absolute atomic E-state index is 12.8. The summed E-state index contributed by atoms with van der Waals surface area (Å²) in [5.74, 6) is -0.431. The molecular formula is C30H31N7O3S. The fourth-order valence-electron chi connectivity index (χ4n) is 5.49. The zero-order chi connectivity index (χ0) is 28.8. The third kappa shape index (κ3) is 4.69. The van der Waals surface area contributed by atoms with Crippen molar-refractivity contribution < 1.29 is 14.7 Å². The van der Waals surface area contributed by atoms with Crippen LogP contribution in [-0.4, -0.2) is 73.5 Å². The van der Waals surface area contributed by atoms with Crippen LogP contribution in [0.4, 0.5) is 5.69 Å². The van der Waals surface area contributed by atoms with Gasteiger partial charge in [0, 0.05) is 65.8 Å². The topological polar surface area (TPSA) is 117 Å². The minimum absolute atomic E-state index is 0.0292. The number of pyridine rings is 1. The van der Waals surface area contributed by atoms with Crippen molar-refractivity contribution in [3.63, 3.8) is 0 Å². The van der Waals surface area contributed by atoms with Gasteiger partial charge in [0.1, 0.15) is 16.9 Å². The Balaban J connectivity index is 1.30. The second-order valence-corrected chi connectivity index (χ2v) is 11.7. The van der Waals surface area contributed by atoms with Gasteiger partial charge in [-0.3, -0.25) is 24.1 Å². The molecule has 0 spiro atoms. The molecule has 2 atom stereocenters. The Morgan fingerprint density at radius 3 is 2.32 bits per heavy atom. The third-order valence-electron chi connectivity index (χ3n) is 8.05. The molecule has 0 saturated carbocycles. The highest BCUT2D eigenvalue weighted by Crippen LogP contribution is 2.40. The number of rotatable bonds is 5. The molecule has 6 rings (SSSR count). The normalized spacial score (nSPS) is 17.4. The molecule has 1 aromatic carbocycles. The Morgan fingerprint density at radius 2 is 1.66 bits per heavy atom. The van der Waals surface area contributed by atoms with Gasteiger partial charge in [-0.1, -0.05) is 12.1 Å². The second kappa shape index (κ2) is 10.5. The van der Waals surface area contributed by atoms with Gasteiger partial charge < -0.3 is 14.9 Å². The number of hydrogen-bond donors (Lipinski definition) is 1. The number of hydrogen-bond acceptors (Lipinski definition) is 8. The molecule has 5 heterocycles. The fourth-order valence-corrected chi connectivity index (χ4v) is 6.71. The molecule has 1 amide bonds. The zero-order valence-electron chi connectivity index (χ0n) is 23.4. The van der Waals surface area contributed by atoms with E-state index in [9.17, 15) is 14.7 Å². The number of aliphatic imine (C=N–C) groups is 1. The number of aryl methyl sites for hydroxylation is 2. The van der Waals surface area contributed by atoms with Crippen LogP contribution < -0.4 is 4.90 Å². The fraction of sp³-hybridized carbons (Fsp3) is 0.333. The first kappa shape index (κ1) is 26.8. The number of thiophene rings is 1. The number of piperazine rings is 1. The SMILES string of the molecule is Cc1sc2c(c1C)C(c1ccc(N3CCN(C(=O)c4ccncc4)CC3)cc1)=N[C@@H](C(C)C(=O)O)c1nnc(C)n1-2. The Labute approximate surface area is 242 Å². The van der Waals surface area contributed by atoms with Crippen molar-refractivity contribution in [1.82, 2.24) is 24.6 Å². The maximum Gasteiger partial charge on any atom is 0.308 e. The van der Waals surface area contributed by atoms with E-state index in [1.54, 1.807) is 42.8 Å². The molecule has 1 unspecified atom stereocenters. The standard InChI is InChI=1S/C30H31N7O3S/c1-17-19(3)41-29-24(17)26(32-25(18(2)30(39)40)27-34-33-20(4)37(27)29)21-5-7-23(8-6-21)35-13-15-36(16-14-35)28(38)22-9-11-31-12-10-22/h5-12,18,25H,13-16H2,1-4H3,(H,39,40)/t18?,25-/m0/s1. The summed E-state index contributed by atoms with van der Waals surface area (Å²) in [6, 6.07) is 11.1. The van der Waals surface area contributed by atoms with Crippen molar-refractivity contribution in [2.75, 3.05) is 31.1 Å². The van der Waals surface area contributed by atoms with Gasteiger partial charge in [0.25, 0.3) is 5.91 Å². The highest BCUT2D eigenvalue weighted by molar-refractivity contribution is 7.15. The van der Waals surface area contributed by atoms with Gasteiger partial charge in [-0.25, -0.2) is 0 Å². The van der Waals surface area contributed by atoms with Gasteiger partial charge in [0.15, 0.2) is 5.82 Å². The predicted molar refractivity (Wildman–Crippen MR) is 157 cm³/mol. The second-order valence-electron chi connectivity index (χ2n) is 10.5. The van der Waals surface area contributed by atoms with Crippen molar-refractivity contribution >= 4 is 34.6 Å². The van der Waals surface area contributed by atoms with E-state index in [0.717, 1.165) is 46.2 Å². The zero-order valence-corrected chi connectivity index (χ0v) is 24.2. The van der Waals surface area contributed by atoms with E-state index >= 15 is 0 Å². The Morgan fingerprint density at radius 1 is 0.976 bits per heavy atom. The van der Waals surface area contributed by atoms with E-state index < -0.39 is 17.9 Å². The molecule has 210 valence electrons. The van der Waals surface area contributed by atoms with Crippen molar-refractivity contribution in [1.29, 1.82) is 0 Å². The highest BCUT2D eigenvalue weighted by atomic mass is 32.1. The molecule has 3 aromatic heterocycles. The van der Waals surface area contributed by atoms with E-state index in [4.69, 9.17) is 4.99 Å². The van der Waals surface area contributed by atoms with Crippen LogP contribution in [0.15, 0.2) is 53.8 Å². The molecule has 10 nitrogen and oxygen atoms in total. The Bertz CT molecular complexity index is 1650. The van der Waals surface area contributed by atoms with Crippen LogP contribution in [0.3, 0.4) is 0 Å². The van der Waals surface area contributed by atoms with Gasteiger partial charge in [-0.2, -0.15) is 0 Å². The van der Waals surface area contributed by atoms with E-state index in [0.29, 0.717) is 30.3 Å². The minimum Gasteiger partial charge on any atom is -0.481 e. The van der Waals surface area contributed by atoms with Crippen molar-refractivity contribution in [3.8, 4) is 5.00 Å². The first-order valence-corrected chi connectivity index (χ1v) is 14.4. The number of anilines is 1. The number of carboxylic acid groups (broad SMARTS) is 1. The lowest BCUT2D eigenvalue weighted by Gasteiger charge is -2.36. The number of nitrogens with zero attached hydrogens (tertiary/aromatic N) is 7. The van der Waals surface area contributed by atoms with E-state index in [-0.39, 0.29) is 5.91 Å². The van der Waals surface area contributed by atoms with E-state index in [1.165, 1.54) is 4.88 Å². The number of fused-ring (bicyclic) bond motifs is 3. The third-order valence-corrected chi connectivity index (χ3v) is 9.24. The number of amides is 1. The van der Waals surface area contributed by atoms with Crippen LogP contribution in [0, 0.1) is 26.7 Å². The van der Waals surface area contributed by atoms with Gasteiger partial charge in [0.05, 0.1) is 11.6 Å². The number of aliphatic carboxylic acids is 1. The minimum atomic E-state index is -0.930. The molecule has 4 aromatic rings. The van der Waals surface area contributed by atoms with Crippen molar-refractivity contribution in [2.45, 2.75) is 33.7 Å². The number of carbonyl (C=O) groups excluding carboxylic acids is 1. The highest BCUT2D eigenvalue weighted by Gasteiger charge is 2.36.